The first-order valence-electron chi connectivity index (χ1n) is 10.4. The predicted octanol–water partition coefficient (Wildman–Crippen LogP) is 5.13. The molecule has 1 aliphatic heterocycles. The first-order chi connectivity index (χ1) is 15.6. The van der Waals surface area contributed by atoms with E-state index in [2.05, 4.69) is 10.3 Å². The van der Waals surface area contributed by atoms with Gasteiger partial charge in [-0.2, -0.15) is 0 Å². The Labute approximate surface area is 193 Å². The van der Waals surface area contributed by atoms with Gasteiger partial charge < -0.3 is 9.64 Å². The fourth-order valence-electron chi connectivity index (χ4n) is 3.87. The number of thiazole rings is 1. The van der Waals surface area contributed by atoms with Crippen molar-refractivity contribution in [2.45, 2.75) is 6.54 Å². The molecule has 1 fully saturated rings. The molecule has 0 radical (unpaired) electrons. The lowest BCUT2D eigenvalue weighted by atomic mass is 10.2. The van der Waals surface area contributed by atoms with Gasteiger partial charge in [0.1, 0.15) is 16.6 Å². The number of hydrogen-bond acceptors (Lipinski definition) is 6. The van der Waals surface area contributed by atoms with Crippen molar-refractivity contribution in [2.24, 2.45) is 0 Å². The SMILES string of the molecule is COc1ccc(-c2nc(CN3CCN(C(=O)c4cc5c(F)cccc5s4)CC3)cs2)cc1. The molecule has 1 amide bonds. The summed E-state index contributed by atoms with van der Waals surface area (Å²) in [7, 11) is 1.66. The minimum atomic E-state index is -0.278. The number of benzene rings is 2. The molecule has 5 nitrogen and oxygen atoms in total. The summed E-state index contributed by atoms with van der Waals surface area (Å²) >= 11 is 3.00. The van der Waals surface area contributed by atoms with Crippen LogP contribution in [0, 0.1) is 5.82 Å². The molecule has 3 heterocycles. The van der Waals surface area contributed by atoms with Crippen LogP contribution < -0.4 is 4.74 Å². The number of halogens is 1. The number of piperazine rings is 1. The normalized spacial score (nSPS) is 14.8. The lowest BCUT2D eigenvalue weighted by molar-refractivity contribution is 0.0632. The smallest absolute Gasteiger partial charge is 0.264 e. The summed E-state index contributed by atoms with van der Waals surface area (Å²) in [6, 6.07) is 14.6. The Kier molecular flexibility index (Phi) is 5.91. The highest BCUT2D eigenvalue weighted by atomic mass is 32.1. The van der Waals surface area contributed by atoms with Gasteiger partial charge >= 0.3 is 0 Å². The van der Waals surface area contributed by atoms with Crippen molar-refractivity contribution in [2.75, 3.05) is 33.3 Å². The Balaban J connectivity index is 1.19. The maximum Gasteiger partial charge on any atom is 0.264 e. The van der Waals surface area contributed by atoms with Gasteiger partial charge in [-0.25, -0.2) is 9.37 Å². The van der Waals surface area contributed by atoms with Crippen LogP contribution in [0.2, 0.25) is 0 Å². The number of ether oxygens (including phenoxy) is 1. The molecule has 1 aliphatic rings. The summed E-state index contributed by atoms with van der Waals surface area (Å²) in [4.78, 5) is 22.5. The Morgan fingerprint density at radius 1 is 1.12 bits per heavy atom. The molecule has 0 spiro atoms. The molecule has 5 rings (SSSR count). The molecule has 2 aromatic carbocycles. The van der Waals surface area contributed by atoms with Gasteiger partial charge in [0.25, 0.3) is 5.91 Å². The number of nitrogens with zero attached hydrogens (tertiary/aromatic N) is 3. The van der Waals surface area contributed by atoms with Gasteiger partial charge in [0, 0.05) is 53.8 Å². The molecule has 32 heavy (non-hydrogen) atoms. The third-order valence-electron chi connectivity index (χ3n) is 5.65. The van der Waals surface area contributed by atoms with E-state index in [1.54, 1.807) is 30.6 Å². The third kappa shape index (κ3) is 4.26. The zero-order chi connectivity index (χ0) is 22.1. The second kappa shape index (κ2) is 8.97. The van der Waals surface area contributed by atoms with E-state index in [0.29, 0.717) is 23.4 Å². The average molecular weight is 468 g/mol. The highest BCUT2D eigenvalue weighted by molar-refractivity contribution is 7.20. The number of thiophene rings is 1. The van der Waals surface area contributed by atoms with E-state index in [1.165, 1.54) is 17.4 Å². The maximum absolute atomic E-state index is 14.0. The number of carbonyl (C=O) groups excluding carboxylic acids is 1. The summed E-state index contributed by atoms with van der Waals surface area (Å²) in [6.07, 6.45) is 0. The van der Waals surface area contributed by atoms with Crippen LogP contribution in [-0.2, 0) is 6.54 Å². The molecule has 2 aromatic heterocycles. The van der Waals surface area contributed by atoms with Crippen LogP contribution in [0.15, 0.2) is 53.9 Å². The fourth-order valence-corrected chi connectivity index (χ4v) is 5.73. The van der Waals surface area contributed by atoms with Crippen LogP contribution >= 0.6 is 22.7 Å². The molecule has 4 aromatic rings. The van der Waals surface area contributed by atoms with Crippen LogP contribution in [0.5, 0.6) is 5.75 Å². The zero-order valence-electron chi connectivity index (χ0n) is 17.6. The number of rotatable bonds is 5. The van der Waals surface area contributed by atoms with E-state index < -0.39 is 0 Å². The van der Waals surface area contributed by atoms with Crippen molar-refractivity contribution in [1.82, 2.24) is 14.8 Å². The molecule has 0 N–H and O–H groups in total. The highest BCUT2D eigenvalue weighted by Crippen LogP contribution is 2.29. The van der Waals surface area contributed by atoms with E-state index in [-0.39, 0.29) is 11.7 Å². The van der Waals surface area contributed by atoms with E-state index >= 15 is 0 Å². The maximum atomic E-state index is 14.0. The van der Waals surface area contributed by atoms with Gasteiger partial charge in [-0.05, 0) is 42.5 Å². The van der Waals surface area contributed by atoms with Crippen LogP contribution in [0.1, 0.15) is 15.4 Å². The first-order valence-corrected chi connectivity index (χ1v) is 12.1. The summed E-state index contributed by atoms with van der Waals surface area (Å²) in [6.45, 7) is 3.67. The van der Waals surface area contributed by atoms with Gasteiger partial charge in [-0.15, -0.1) is 22.7 Å². The van der Waals surface area contributed by atoms with E-state index in [9.17, 15) is 9.18 Å². The van der Waals surface area contributed by atoms with Gasteiger partial charge in [-0.1, -0.05) is 6.07 Å². The number of hydrogen-bond donors (Lipinski definition) is 0. The van der Waals surface area contributed by atoms with Gasteiger partial charge in [-0.3, -0.25) is 9.69 Å². The monoisotopic (exact) mass is 467 g/mol. The molecule has 0 unspecified atom stereocenters. The first kappa shape index (κ1) is 21.1. The summed E-state index contributed by atoms with van der Waals surface area (Å²) in [5.74, 6) is 0.541. The average Bonchev–Trinajstić information content (AvgIpc) is 3.47. The molecule has 0 atom stereocenters. The summed E-state index contributed by atoms with van der Waals surface area (Å²) < 4.78 is 20.0. The zero-order valence-corrected chi connectivity index (χ0v) is 19.2. The minimum absolute atomic E-state index is 0.0132. The Morgan fingerprint density at radius 2 is 1.91 bits per heavy atom. The van der Waals surface area contributed by atoms with Crippen LogP contribution in [0.4, 0.5) is 4.39 Å². The number of amides is 1. The Hall–Kier alpha value is -2.81. The van der Waals surface area contributed by atoms with Crippen LogP contribution in [-0.4, -0.2) is 54.0 Å². The third-order valence-corrected chi connectivity index (χ3v) is 7.68. The molecular formula is C24H22FN3O2S2. The van der Waals surface area contributed by atoms with Crippen molar-refractivity contribution >= 4 is 38.7 Å². The predicted molar refractivity (Wildman–Crippen MR) is 127 cm³/mol. The minimum Gasteiger partial charge on any atom is -0.497 e. The number of fused-ring (bicyclic) bond motifs is 1. The Morgan fingerprint density at radius 3 is 2.62 bits per heavy atom. The molecule has 1 saturated heterocycles. The highest BCUT2D eigenvalue weighted by Gasteiger charge is 2.24. The second-order valence-electron chi connectivity index (χ2n) is 7.70. The number of carbonyl (C=O) groups is 1. The van der Waals surface area contributed by atoms with E-state index in [1.807, 2.05) is 35.2 Å². The molecule has 0 saturated carbocycles. The lowest BCUT2D eigenvalue weighted by Crippen LogP contribution is -2.48. The topological polar surface area (TPSA) is 45.7 Å². The largest absolute Gasteiger partial charge is 0.497 e. The van der Waals surface area contributed by atoms with Crippen LogP contribution in [0.3, 0.4) is 0 Å². The second-order valence-corrected chi connectivity index (χ2v) is 9.65. The Bertz CT molecular complexity index is 1240. The quantitative estimate of drug-likeness (QED) is 0.408. The standard InChI is InChI=1S/C24H22FN3O2S2/c1-30-18-7-5-16(6-8-18)23-26-17(15-31-23)14-27-9-11-28(12-10-27)24(29)22-13-19-20(25)3-2-4-21(19)32-22/h2-8,13,15H,9-12,14H2,1H3. The number of aromatic nitrogens is 1. The van der Waals surface area contributed by atoms with Crippen molar-refractivity contribution < 1.29 is 13.9 Å². The van der Waals surface area contributed by atoms with E-state index in [0.717, 1.165) is 46.3 Å². The van der Waals surface area contributed by atoms with Gasteiger partial charge in [0.05, 0.1) is 17.7 Å². The lowest BCUT2D eigenvalue weighted by Gasteiger charge is -2.34. The van der Waals surface area contributed by atoms with Crippen LogP contribution in [0.25, 0.3) is 20.7 Å². The van der Waals surface area contributed by atoms with Gasteiger partial charge in [0.15, 0.2) is 0 Å². The molecule has 164 valence electrons. The molecule has 0 aliphatic carbocycles. The molecule has 0 bridgehead atoms. The summed E-state index contributed by atoms with van der Waals surface area (Å²) in [5.41, 5.74) is 2.12. The molecule has 8 heteroatoms. The van der Waals surface area contributed by atoms with Crippen molar-refractivity contribution in [3.05, 3.63) is 70.3 Å². The van der Waals surface area contributed by atoms with Crippen molar-refractivity contribution in [3.8, 4) is 16.3 Å². The van der Waals surface area contributed by atoms with Crippen molar-refractivity contribution in [1.29, 1.82) is 0 Å². The fraction of sp³-hybridized carbons (Fsp3) is 0.250. The summed E-state index contributed by atoms with van der Waals surface area (Å²) in [5, 5.41) is 3.62. The number of methoxy groups -OCH3 is 1. The van der Waals surface area contributed by atoms with Gasteiger partial charge in [0.2, 0.25) is 0 Å². The van der Waals surface area contributed by atoms with Crippen molar-refractivity contribution in [3.63, 3.8) is 0 Å². The molecular weight excluding hydrogens is 445 g/mol. The van der Waals surface area contributed by atoms with E-state index in [4.69, 9.17) is 9.72 Å².